The van der Waals surface area contributed by atoms with Crippen LogP contribution in [0.5, 0.6) is 0 Å². The Bertz CT molecular complexity index is 730. The first-order valence-corrected chi connectivity index (χ1v) is 13.5. The molecule has 5 fully saturated rings. The van der Waals surface area contributed by atoms with Gasteiger partial charge < -0.3 is 0 Å². The van der Waals surface area contributed by atoms with Crippen LogP contribution in [0, 0.1) is 56.7 Å². The Kier molecular flexibility index (Phi) is 4.61. The highest BCUT2D eigenvalue weighted by molar-refractivity contribution is 5.20. The summed E-state index contributed by atoms with van der Waals surface area (Å²) in [4.78, 5) is 0. The van der Waals surface area contributed by atoms with E-state index in [0.717, 1.165) is 29.6 Å². The molecule has 0 aromatic rings. The van der Waals surface area contributed by atoms with E-state index in [1.165, 1.54) is 76.2 Å². The van der Waals surface area contributed by atoms with Crippen LogP contribution in [0.4, 0.5) is 0 Å². The molecule has 0 radical (unpaired) electrons. The van der Waals surface area contributed by atoms with Crippen LogP contribution in [0.3, 0.4) is 0 Å². The van der Waals surface area contributed by atoms with E-state index in [0.29, 0.717) is 27.1 Å². The average molecular weight is 411 g/mol. The van der Waals surface area contributed by atoms with E-state index in [2.05, 4.69) is 55.0 Å². The van der Waals surface area contributed by atoms with Gasteiger partial charge in [0.1, 0.15) is 0 Å². The highest BCUT2D eigenvalue weighted by Crippen LogP contribution is 2.77. The summed E-state index contributed by atoms with van der Waals surface area (Å²) in [7, 11) is 0. The second kappa shape index (κ2) is 6.41. The number of allylic oxidation sites excluding steroid dienone is 1. The summed E-state index contributed by atoms with van der Waals surface area (Å²) in [5, 5.41) is 0. The van der Waals surface area contributed by atoms with E-state index in [9.17, 15) is 0 Å². The molecule has 0 unspecified atom stereocenters. The Morgan fingerprint density at radius 3 is 2.13 bits per heavy atom. The van der Waals surface area contributed by atoms with Gasteiger partial charge in [0.05, 0.1) is 0 Å². The van der Waals surface area contributed by atoms with Crippen LogP contribution in [-0.2, 0) is 0 Å². The number of hydrogen-bond donors (Lipinski definition) is 0. The van der Waals surface area contributed by atoms with Crippen molar-refractivity contribution in [2.75, 3.05) is 0 Å². The molecule has 0 aromatic heterocycles. The van der Waals surface area contributed by atoms with Crippen LogP contribution in [-0.4, -0.2) is 0 Å². The Hall–Kier alpha value is -0.260. The number of hydrogen-bond acceptors (Lipinski definition) is 0. The van der Waals surface area contributed by atoms with Crippen molar-refractivity contribution in [3.63, 3.8) is 0 Å². The number of rotatable bonds is 1. The quantitative estimate of drug-likeness (QED) is 0.378. The highest BCUT2D eigenvalue weighted by Gasteiger charge is 2.69. The van der Waals surface area contributed by atoms with Crippen molar-refractivity contribution < 1.29 is 0 Å². The van der Waals surface area contributed by atoms with Gasteiger partial charge in [-0.15, -0.1) is 0 Å². The Balaban J connectivity index is 1.55. The topological polar surface area (TPSA) is 0 Å². The maximum absolute atomic E-state index is 4.50. The van der Waals surface area contributed by atoms with E-state index >= 15 is 0 Å². The predicted octanol–water partition coefficient (Wildman–Crippen LogP) is 9.05. The van der Waals surface area contributed by atoms with Crippen LogP contribution in [0.2, 0.25) is 0 Å². The van der Waals surface area contributed by atoms with Crippen molar-refractivity contribution in [2.24, 2.45) is 56.7 Å². The Morgan fingerprint density at radius 2 is 1.43 bits per heavy atom. The molecular formula is C30H50. The second-order valence-corrected chi connectivity index (χ2v) is 14.7. The molecule has 5 rings (SSSR count). The van der Waals surface area contributed by atoms with Crippen LogP contribution < -0.4 is 0 Å². The lowest BCUT2D eigenvalue weighted by Crippen LogP contribution is -2.65. The zero-order valence-corrected chi connectivity index (χ0v) is 21.4. The lowest BCUT2D eigenvalue weighted by molar-refractivity contribution is -0.235. The summed E-state index contributed by atoms with van der Waals surface area (Å²) in [5.41, 5.74) is 4.28. The third-order valence-corrected chi connectivity index (χ3v) is 13.2. The highest BCUT2D eigenvalue weighted by atomic mass is 14.7. The molecule has 0 nitrogen and oxygen atoms in total. The minimum atomic E-state index is 0.535. The summed E-state index contributed by atoms with van der Waals surface area (Å²) in [6.07, 6.45) is 16.2. The van der Waals surface area contributed by atoms with Gasteiger partial charge >= 0.3 is 0 Å². The maximum Gasteiger partial charge on any atom is -0.0172 e. The van der Waals surface area contributed by atoms with Gasteiger partial charge in [0.2, 0.25) is 0 Å². The van der Waals surface area contributed by atoms with E-state index in [1.807, 2.05) is 0 Å². The maximum atomic E-state index is 4.50. The molecule has 5 saturated carbocycles. The molecule has 0 heteroatoms. The fourth-order valence-electron chi connectivity index (χ4n) is 11.6. The van der Waals surface area contributed by atoms with E-state index < -0.39 is 0 Å². The van der Waals surface area contributed by atoms with Gasteiger partial charge in [-0.3, -0.25) is 0 Å². The molecule has 0 N–H and O–H groups in total. The molecule has 9 atom stereocenters. The summed E-state index contributed by atoms with van der Waals surface area (Å²) >= 11 is 0. The minimum absolute atomic E-state index is 0.535. The van der Waals surface area contributed by atoms with Gasteiger partial charge in [-0.1, -0.05) is 60.1 Å². The van der Waals surface area contributed by atoms with Gasteiger partial charge in [-0.2, -0.15) is 0 Å². The Labute approximate surface area is 188 Å². The third-order valence-electron chi connectivity index (χ3n) is 13.2. The van der Waals surface area contributed by atoms with E-state index in [1.54, 1.807) is 0 Å². The van der Waals surface area contributed by atoms with E-state index in [4.69, 9.17) is 0 Å². The molecule has 0 aliphatic heterocycles. The SMILES string of the molecule is C=C(C)[C@@H]1CC[C@]2(C)CC[C@]3(C)[C@H](CC[C@@H]4[C@@]5(C)CCCC(C)(C)[C@@H]5CC[C@]43C)[C@H]12. The van der Waals surface area contributed by atoms with Crippen molar-refractivity contribution in [3.05, 3.63) is 12.2 Å². The fraction of sp³-hybridized carbons (Fsp3) is 0.933. The molecule has 0 heterocycles. The van der Waals surface area contributed by atoms with Crippen molar-refractivity contribution in [1.82, 2.24) is 0 Å². The van der Waals surface area contributed by atoms with Crippen LogP contribution in [0.25, 0.3) is 0 Å². The molecule has 0 amide bonds. The van der Waals surface area contributed by atoms with Crippen LogP contribution in [0.15, 0.2) is 12.2 Å². The van der Waals surface area contributed by atoms with Gasteiger partial charge in [-0.05, 0) is 128 Å². The summed E-state index contributed by atoms with van der Waals surface area (Å²) < 4.78 is 0. The third kappa shape index (κ3) is 2.52. The van der Waals surface area contributed by atoms with Gasteiger partial charge in [-0.25, -0.2) is 0 Å². The lowest BCUT2D eigenvalue weighted by atomic mass is 9.32. The largest absolute Gasteiger partial charge is 0.0998 e. The summed E-state index contributed by atoms with van der Waals surface area (Å²) in [6.45, 7) is 23.0. The standard InChI is InChI=1S/C30H50/c1-20(2)21-12-16-27(5)18-19-29(7)22(25(21)27)10-11-24-28(6)15-9-14-26(3,4)23(28)13-17-30(24,29)8/h21-25H,1,9-19H2,2-8H3/t21-,22+,23-,24+,25-,27+,28-,29+,30+/m0/s1. The molecule has 5 aliphatic rings. The van der Waals surface area contributed by atoms with Crippen molar-refractivity contribution in [2.45, 2.75) is 119 Å². The van der Waals surface area contributed by atoms with E-state index in [-0.39, 0.29) is 0 Å². The van der Waals surface area contributed by atoms with Gasteiger partial charge in [0, 0.05) is 0 Å². The minimum Gasteiger partial charge on any atom is -0.0998 e. The monoisotopic (exact) mass is 410 g/mol. The smallest absolute Gasteiger partial charge is 0.0172 e. The van der Waals surface area contributed by atoms with Crippen LogP contribution in [0.1, 0.15) is 119 Å². The molecule has 30 heavy (non-hydrogen) atoms. The molecule has 0 spiro atoms. The molecule has 5 aliphatic carbocycles. The average Bonchev–Trinajstić information content (AvgIpc) is 2.99. The van der Waals surface area contributed by atoms with Crippen molar-refractivity contribution in [1.29, 1.82) is 0 Å². The summed E-state index contributed by atoms with van der Waals surface area (Å²) in [5.74, 6) is 4.51. The first-order chi connectivity index (χ1) is 13.9. The van der Waals surface area contributed by atoms with Gasteiger partial charge in [0.15, 0.2) is 0 Å². The predicted molar refractivity (Wildman–Crippen MR) is 129 cm³/mol. The zero-order valence-electron chi connectivity index (χ0n) is 21.4. The molecule has 170 valence electrons. The normalized spacial score (nSPS) is 57.0. The Morgan fingerprint density at radius 1 is 0.700 bits per heavy atom. The lowest BCUT2D eigenvalue weighted by Gasteiger charge is -2.72. The molecule has 0 aromatic carbocycles. The van der Waals surface area contributed by atoms with Crippen LogP contribution >= 0.6 is 0 Å². The zero-order chi connectivity index (χ0) is 21.7. The van der Waals surface area contributed by atoms with Crippen molar-refractivity contribution in [3.8, 4) is 0 Å². The van der Waals surface area contributed by atoms with Crippen molar-refractivity contribution >= 4 is 0 Å². The second-order valence-electron chi connectivity index (χ2n) is 14.7. The first kappa shape index (κ1) is 21.6. The molecule has 0 saturated heterocycles. The molecule has 0 bridgehead atoms. The first-order valence-electron chi connectivity index (χ1n) is 13.5. The molecular weight excluding hydrogens is 360 g/mol. The van der Waals surface area contributed by atoms with Gasteiger partial charge in [0.25, 0.3) is 0 Å². The summed E-state index contributed by atoms with van der Waals surface area (Å²) in [6, 6.07) is 0. The number of fused-ring (bicyclic) bond motifs is 7. The fourth-order valence-corrected chi connectivity index (χ4v) is 11.6.